The second kappa shape index (κ2) is 8.75. The molecule has 0 spiro atoms. The van der Waals surface area contributed by atoms with Crippen molar-refractivity contribution in [3.63, 3.8) is 0 Å². The third-order valence-electron chi connectivity index (χ3n) is 5.71. The monoisotopic (exact) mass is 472 g/mol. The first-order valence-electron chi connectivity index (χ1n) is 10.8. The number of hydrogen-bond acceptors (Lipinski definition) is 8. The Labute approximate surface area is 191 Å². The Morgan fingerprint density at radius 2 is 2.03 bits per heavy atom. The van der Waals surface area contributed by atoms with Crippen molar-refractivity contribution in [3.05, 3.63) is 42.5 Å². The van der Waals surface area contributed by atoms with Gasteiger partial charge in [0.25, 0.3) is 0 Å². The van der Waals surface area contributed by atoms with Gasteiger partial charge in [0.2, 0.25) is 0 Å². The zero-order chi connectivity index (χ0) is 23.0. The van der Waals surface area contributed by atoms with Gasteiger partial charge in [-0.15, -0.1) is 0 Å². The summed E-state index contributed by atoms with van der Waals surface area (Å²) in [6.07, 6.45) is 5.60. The van der Waals surface area contributed by atoms with Gasteiger partial charge in [-0.3, -0.25) is 0 Å². The van der Waals surface area contributed by atoms with Crippen molar-refractivity contribution >= 4 is 37.8 Å². The van der Waals surface area contributed by atoms with E-state index in [2.05, 4.69) is 19.6 Å². The topological polar surface area (TPSA) is 94.9 Å². The molecule has 1 aromatic heterocycles. The minimum absolute atomic E-state index is 0.136. The summed E-state index contributed by atoms with van der Waals surface area (Å²) >= 11 is 0. The number of ether oxygens (including phenoxy) is 3. The highest BCUT2D eigenvalue weighted by Gasteiger charge is 2.30. The first kappa shape index (κ1) is 21.8. The second-order valence-electron chi connectivity index (χ2n) is 8.29. The van der Waals surface area contributed by atoms with Crippen LogP contribution in [0.15, 0.2) is 41.0 Å². The van der Waals surface area contributed by atoms with E-state index in [9.17, 15) is 8.60 Å². The van der Waals surface area contributed by atoms with Gasteiger partial charge in [-0.2, -0.15) is 4.36 Å². The Hall–Kier alpha value is -2.98. The highest BCUT2D eigenvalue weighted by Crippen LogP contribution is 2.39. The predicted molar refractivity (Wildman–Crippen MR) is 125 cm³/mol. The fourth-order valence-corrected chi connectivity index (χ4v) is 5.53. The van der Waals surface area contributed by atoms with E-state index < -0.39 is 15.5 Å². The molecule has 2 atom stereocenters. The summed E-state index contributed by atoms with van der Waals surface area (Å²) in [6, 6.07) is 7.81. The summed E-state index contributed by atoms with van der Waals surface area (Å²) in [4.78, 5) is 8.76. The van der Waals surface area contributed by atoms with Crippen LogP contribution >= 0.6 is 0 Å². The van der Waals surface area contributed by atoms with Crippen LogP contribution in [-0.4, -0.2) is 52.1 Å². The number of rotatable bonds is 7. The molecule has 0 amide bonds. The molecular formula is C23H25FN4O4S. The predicted octanol–water partition coefficient (Wildman–Crippen LogP) is 4.58. The lowest BCUT2D eigenvalue weighted by Gasteiger charge is -2.18. The van der Waals surface area contributed by atoms with Crippen LogP contribution in [0.25, 0.3) is 10.9 Å². The van der Waals surface area contributed by atoms with Gasteiger partial charge in [0.15, 0.2) is 0 Å². The fraction of sp³-hybridized carbons (Fsp3) is 0.391. The van der Waals surface area contributed by atoms with E-state index in [1.165, 1.54) is 18.5 Å². The van der Waals surface area contributed by atoms with Crippen LogP contribution in [0, 0.1) is 5.82 Å². The number of nitrogens with zero attached hydrogens (tertiary/aromatic N) is 3. The summed E-state index contributed by atoms with van der Waals surface area (Å²) in [5.74, 6) is 0.943. The average molecular weight is 473 g/mol. The molecule has 2 heterocycles. The van der Waals surface area contributed by atoms with E-state index in [4.69, 9.17) is 14.2 Å². The molecule has 10 heteroatoms. The van der Waals surface area contributed by atoms with Crippen molar-refractivity contribution < 1.29 is 22.8 Å². The largest absolute Gasteiger partial charge is 0.496 e. The number of methoxy groups -OCH3 is 1. The Morgan fingerprint density at radius 1 is 1.18 bits per heavy atom. The van der Waals surface area contributed by atoms with E-state index >= 15 is 0 Å². The van der Waals surface area contributed by atoms with E-state index in [1.54, 1.807) is 31.6 Å². The molecule has 2 fully saturated rings. The molecule has 2 unspecified atom stereocenters. The van der Waals surface area contributed by atoms with E-state index in [0.717, 1.165) is 19.3 Å². The van der Waals surface area contributed by atoms with Crippen molar-refractivity contribution in [1.29, 1.82) is 0 Å². The molecule has 1 saturated heterocycles. The summed E-state index contributed by atoms with van der Waals surface area (Å²) < 4.78 is 48.3. The molecule has 1 aliphatic heterocycles. The number of anilines is 2. The van der Waals surface area contributed by atoms with Gasteiger partial charge < -0.3 is 19.5 Å². The fourth-order valence-electron chi connectivity index (χ4n) is 3.85. The lowest BCUT2D eigenvalue weighted by atomic mass is 10.2. The average Bonchev–Trinajstić information content (AvgIpc) is 3.54. The number of hydrogen-bond donors (Lipinski definition) is 1. The van der Waals surface area contributed by atoms with Gasteiger partial charge in [-0.05, 0) is 31.0 Å². The van der Waals surface area contributed by atoms with E-state index in [1.807, 2.05) is 0 Å². The van der Waals surface area contributed by atoms with Crippen LogP contribution in [-0.2, 0) is 14.5 Å². The third kappa shape index (κ3) is 4.72. The molecular weight excluding hydrogens is 447 g/mol. The number of nitrogens with one attached hydrogen (secondary N) is 1. The van der Waals surface area contributed by atoms with E-state index in [-0.39, 0.29) is 11.4 Å². The maximum Gasteiger partial charge on any atom is 0.146 e. The number of fused-ring (bicyclic) bond motifs is 1. The smallest absolute Gasteiger partial charge is 0.146 e. The molecule has 0 bridgehead atoms. The molecule has 0 radical (unpaired) electrons. The van der Waals surface area contributed by atoms with Crippen LogP contribution in [0.2, 0.25) is 0 Å². The molecule has 1 N–H and O–H groups in total. The zero-order valence-corrected chi connectivity index (χ0v) is 19.2. The molecule has 1 aliphatic carbocycles. The van der Waals surface area contributed by atoms with Crippen LogP contribution in [0.5, 0.6) is 11.5 Å². The molecule has 2 aliphatic rings. The van der Waals surface area contributed by atoms with Crippen LogP contribution in [0.1, 0.15) is 19.3 Å². The maximum absolute atomic E-state index is 14.0. The second-order valence-corrected chi connectivity index (χ2v) is 10.9. The Morgan fingerprint density at radius 3 is 2.76 bits per heavy atom. The highest BCUT2D eigenvalue weighted by molar-refractivity contribution is 7.93. The molecule has 174 valence electrons. The van der Waals surface area contributed by atoms with Gasteiger partial charge >= 0.3 is 0 Å². The van der Waals surface area contributed by atoms with Crippen LogP contribution < -0.4 is 14.8 Å². The molecule has 33 heavy (non-hydrogen) atoms. The standard InChI is InChI=1S/C23H25FN4O4S/c1-30-21-11-15(28-33(2,29)17-4-5-17)10-19-22(21)23(26-13-25-19)27-18-6-3-14(24)9-20(18)32-16-7-8-31-12-16/h3,6,9-11,13,16-17H,4-5,7-8,12H2,1-2H3,(H,25,26,27). The van der Waals surface area contributed by atoms with Gasteiger partial charge in [-0.1, -0.05) is 0 Å². The Balaban J connectivity index is 1.54. The zero-order valence-electron chi connectivity index (χ0n) is 18.4. The minimum Gasteiger partial charge on any atom is -0.496 e. The summed E-state index contributed by atoms with van der Waals surface area (Å²) in [5.41, 5.74) is 1.70. The summed E-state index contributed by atoms with van der Waals surface area (Å²) in [7, 11) is -0.768. The lowest BCUT2D eigenvalue weighted by Crippen LogP contribution is -2.16. The van der Waals surface area contributed by atoms with Crippen molar-refractivity contribution in [3.8, 4) is 11.5 Å². The number of halogens is 1. The SMILES string of the molecule is COc1cc(N=S(C)(=O)C2CC2)cc2ncnc(Nc3ccc(F)cc3OC3CCOC3)c12. The van der Waals surface area contributed by atoms with Gasteiger partial charge in [-0.25, -0.2) is 18.6 Å². The first-order valence-corrected chi connectivity index (χ1v) is 12.8. The normalized spacial score (nSPS) is 19.8. The summed E-state index contributed by atoms with van der Waals surface area (Å²) in [6.45, 7) is 1.09. The first-order chi connectivity index (χ1) is 15.9. The molecule has 2 aromatic carbocycles. The molecule has 5 rings (SSSR count). The number of aromatic nitrogens is 2. The van der Waals surface area contributed by atoms with Crippen LogP contribution in [0.4, 0.5) is 21.6 Å². The molecule has 8 nitrogen and oxygen atoms in total. The Bertz CT molecular complexity index is 1320. The highest BCUT2D eigenvalue weighted by atomic mass is 32.2. The van der Waals surface area contributed by atoms with Crippen molar-refractivity contribution in [2.45, 2.75) is 30.6 Å². The maximum atomic E-state index is 14.0. The van der Waals surface area contributed by atoms with Crippen molar-refractivity contribution in [1.82, 2.24) is 9.97 Å². The van der Waals surface area contributed by atoms with Gasteiger partial charge in [0.1, 0.15) is 35.6 Å². The minimum atomic E-state index is -2.32. The van der Waals surface area contributed by atoms with Gasteiger partial charge in [0.05, 0.1) is 52.3 Å². The third-order valence-corrected chi connectivity index (χ3v) is 8.00. The Kier molecular flexibility index (Phi) is 5.79. The molecule has 3 aromatic rings. The quantitative estimate of drug-likeness (QED) is 0.538. The van der Waals surface area contributed by atoms with Crippen molar-refractivity contribution in [2.24, 2.45) is 4.36 Å². The van der Waals surface area contributed by atoms with Gasteiger partial charge in [0, 0.05) is 30.1 Å². The van der Waals surface area contributed by atoms with Crippen molar-refractivity contribution in [2.75, 3.05) is 31.9 Å². The lowest BCUT2D eigenvalue weighted by molar-refractivity contribution is 0.141. The summed E-state index contributed by atoms with van der Waals surface area (Å²) in [5, 5.41) is 4.01. The molecule has 1 saturated carbocycles. The van der Waals surface area contributed by atoms with E-state index in [0.29, 0.717) is 52.8 Å². The van der Waals surface area contributed by atoms with Crippen LogP contribution in [0.3, 0.4) is 0 Å². The number of benzene rings is 2.